The van der Waals surface area contributed by atoms with Crippen molar-refractivity contribution < 1.29 is 0 Å². The van der Waals surface area contributed by atoms with Crippen molar-refractivity contribution in [2.24, 2.45) is 0 Å². The maximum atomic E-state index is 6.07. The van der Waals surface area contributed by atoms with Gasteiger partial charge in [0.25, 0.3) is 0 Å². The number of aromatic nitrogens is 2. The summed E-state index contributed by atoms with van der Waals surface area (Å²) < 4.78 is 2.67. The number of hydrogen-bond acceptors (Lipinski definition) is 4. The number of nitrogens with one attached hydrogen (secondary N) is 1. The summed E-state index contributed by atoms with van der Waals surface area (Å²) in [5, 5.41) is 3.34. The Bertz CT molecular complexity index is 583. The third-order valence-electron chi connectivity index (χ3n) is 2.42. The van der Waals surface area contributed by atoms with Crippen molar-refractivity contribution >= 4 is 67.3 Å². The van der Waals surface area contributed by atoms with Gasteiger partial charge in [0.05, 0.1) is 14.1 Å². The lowest BCUT2D eigenvalue weighted by Crippen LogP contribution is -2.07. The number of rotatable bonds is 4. The Morgan fingerprint density at radius 2 is 2.21 bits per heavy atom. The molecule has 0 radical (unpaired) electrons. The molecule has 0 saturated carbocycles. The van der Waals surface area contributed by atoms with Crippen LogP contribution in [0.15, 0.2) is 10.5 Å². The van der Waals surface area contributed by atoms with Crippen LogP contribution in [0.4, 0.5) is 5.82 Å². The van der Waals surface area contributed by atoms with E-state index in [1.165, 1.54) is 11.3 Å². The van der Waals surface area contributed by atoms with E-state index in [1.807, 2.05) is 13.0 Å². The Morgan fingerprint density at radius 1 is 1.47 bits per heavy atom. The summed E-state index contributed by atoms with van der Waals surface area (Å²) in [6.07, 6.45) is 1.06. The molecule has 3 nitrogen and oxygen atoms in total. The molecule has 19 heavy (non-hydrogen) atoms. The molecule has 0 unspecified atom stereocenters. The van der Waals surface area contributed by atoms with Gasteiger partial charge >= 0.3 is 0 Å². The predicted octanol–water partition coefficient (Wildman–Crippen LogP) is 5.36. The van der Waals surface area contributed by atoms with Crippen molar-refractivity contribution in [3.05, 3.63) is 24.1 Å². The van der Waals surface area contributed by atoms with Crippen LogP contribution in [0.2, 0.25) is 4.34 Å². The van der Waals surface area contributed by atoms with Crippen molar-refractivity contribution in [2.75, 3.05) is 11.9 Å². The van der Waals surface area contributed by atoms with Crippen LogP contribution in [0.3, 0.4) is 0 Å². The minimum absolute atomic E-state index is 0.717. The lowest BCUT2D eigenvalue weighted by Gasteiger charge is -2.09. The summed E-state index contributed by atoms with van der Waals surface area (Å²) >= 11 is 13.2. The van der Waals surface area contributed by atoms with Crippen LogP contribution in [0.1, 0.15) is 19.0 Å². The molecule has 102 valence electrons. The van der Waals surface area contributed by atoms with Gasteiger partial charge in [-0.25, -0.2) is 9.97 Å². The van der Waals surface area contributed by atoms with Crippen LogP contribution in [0, 0.1) is 10.5 Å². The predicted molar refractivity (Wildman–Crippen MR) is 94.3 cm³/mol. The zero-order chi connectivity index (χ0) is 14.0. The fraction of sp³-hybridized carbons (Fsp3) is 0.333. The molecule has 2 aromatic heterocycles. The molecule has 0 atom stereocenters. The van der Waals surface area contributed by atoms with E-state index in [9.17, 15) is 0 Å². The summed E-state index contributed by atoms with van der Waals surface area (Å²) in [5.41, 5.74) is 0.977. The van der Waals surface area contributed by atoms with Gasteiger partial charge < -0.3 is 5.32 Å². The average Bonchev–Trinajstić information content (AvgIpc) is 2.71. The normalized spacial score (nSPS) is 10.8. The third kappa shape index (κ3) is 3.59. The minimum Gasteiger partial charge on any atom is -0.369 e. The highest BCUT2D eigenvalue weighted by Crippen LogP contribution is 2.37. The number of nitrogens with zero attached hydrogens (tertiary/aromatic N) is 2. The van der Waals surface area contributed by atoms with Gasteiger partial charge in [0.1, 0.15) is 10.2 Å². The Hall–Kier alpha value is 0.0800. The first kappa shape index (κ1) is 15.5. The van der Waals surface area contributed by atoms with E-state index in [-0.39, 0.29) is 0 Å². The van der Waals surface area contributed by atoms with Crippen molar-refractivity contribution in [3.63, 3.8) is 0 Å². The second-order valence-corrected chi connectivity index (χ2v) is 7.54. The number of anilines is 1. The maximum absolute atomic E-state index is 6.07. The zero-order valence-electron chi connectivity index (χ0n) is 10.4. The molecule has 0 aliphatic carbocycles. The molecule has 0 bridgehead atoms. The van der Waals surface area contributed by atoms with E-state index in [4.69, 9.17) is 11.6 Å². The van der Waals surface area contributed by atoms with E-state index in [0.717, 1.165) is 41.7 Å². The minimum atomic E-state index is 0.717. The van der Waals surface area contributed by atoms with E-state index in [0.29, 0.717) is 5.82 Å². The highest BCUT2D eigenvalue weighted by Gasteiger charge is 2.13. The molecule has 0 fully saturated rings. The van der Waals surface area contributed by atoms with Gasteiger partial charge in [-0.3, -0.25) is 0 Å². The summed E-state index contributed by atoms with van der Waals surface area (Å²) in [6.45, 7) is 5.03. The SMILES string of the molecule is CCCNc1nc(-c2cc(Br)c(Cl)s2)nc(C)c1I. The summed E-state index contributed by atoms with van der Waals surface area (Å²) in [6, 6.07) is 1.96. The lowest BCUT2D eigenvalue weighted by molar-refractivity contribution is 0.959. The summed E-state index contributed by atoms with van der Waals surface area (Å²) in [7, 11) is 0. The molecule has 0 aliphatic heterocycles. The fourth-order valence-corrected chi connectivity index (χ4v) is 3.55. The van der Waals surface area contributed by atoms with E-state index in [1.54, 1.807) is 0 Å². The number of aryl methyl sites for hydroxylation is 1. The molecule has 0 aromatic carbocycles. The zero-order valence-corrected chi connectivity index (χ0v) is 15.7. The van der Waals surface area contributed by atoms with E-state index >= 15 is 0 Å². The number of hydrogen-bond donors (Lipinski definition) is 1. The van der Waals surface area contributed by atoms with Gasteiger partial charge in [-0.2, -0.15) is 0 Å². The molecule has 0 saturated heterocycles. The first-order valence-electron chi connectivity index (χ1n) is 5.76. The van der Waals surface area contributed by atoms with E-state index < -0.39 is 0 Å². The smallest absolute Gasteiger partial charge is 0.172 e. The molecule has 0 spiro atoms. The first-order valence-corrected chi connectivity index (χ1v) is 8.82. The molecule has 0 aliphatic rings. The Morgan fingerprint density at radius 3 is 2.79 bits per heavy atom. The van der Waals surface area contributed by atoms with Gasteiger partial charge in [-0.1, -0.05) is 18.5 Å². The van der Waals surface area contributed by atoms with Crippen LogP contribution in [-0.2, 0) is 0 Å². The van der Waals surface area contributed by atoms with Crippen molar-refractivity contribution in [2.45, 2.75) is 20.3 Å². The first-order chi connectivity index (χ1) is 9.02. The summed E-state index contributed by atoms with van der Waals surface area (Å²) in [5.74, 6) is 1.61. The van der Waals surface area contributed by atoms with Crippen molar-refractivity contribution in [3.8, 4) is 10.7 Å². The Kier molecular flexibility index (Phi) is 5.45. The molecule has 1 N–H and O–H groups in total. The largest absolute Gasteiger partial charge is 0.369 e. The Balaban J connectivity index is 2.43. The molecular weight excluding hydrogens is 460 g/mol. The fourth-order valence-electron chi connectivity index (χ4n) is 1.49. The van der Waals surface area contributed by atoms with Gasteiger partial charge in [0.15, 0.2) is 5.82 Å². The molecule has 0 amide bonds. The Labute approximate surface area is 143 Å². The molecule has 7 heteroatoms. The molecule has 2 rings (SSSR count). The van der Waals surface area contributed by atoms with Crippen LogP contribution < -0.4 is 5.32 Å². The van der Waals surface area contributed by atoms with Gasteiger partial charge in [-0.05, 0) is 57.9 Å². The maximum Gasteiger partial charge on any atom is 0.172 e. The van der Waals surface area contributed by atoms with Gasteiger partial charge in [0, 0.05) is 11.0 Å². The van der Waals surface area contributed by atoms with Crippen LogP contribution in [0.5, 0.6) is 0 Å². The highest BCUT2D eigenvalue weighted by molar-refractivity contribution is 14.1. The third-order valence-corrected chi connectivity index (χ3v) is 6.19. The second kappa shape index (κ2) is 6.69. The number of halogens is 3. The molecule has 2 aromatic rings. The molecule has 2 heterocycles. The topological polar surface area (TPSA) is 37.8 Å². The standard InChI is InChI=1S/C12H12BrClIN3S/c1-3-4-16-12-9(15)6(2)17-11(18-12)8-5-7(13)10(14)19-8/h5H,3-4H2,1-2H3,(H,16,17,18). The molecular formula is C12H12BrClIN3S. The van der Waals surface area contributed by atoms with Crippen molar-refractivity contribution in [1.82, 2.24) is 9.97 Å². The van der Waals surface area contributed by atoms with Gasteiger partial charge in [-0.15, -0.1) is 11.3 Å². The lowest BCUT2D eigenvalue weighted by atomic mass is 10.3. The van der Waals surface area contributed by atoms with E-state index in [2.05, 4.69) is 60.7 Å². The average molecular weight is 473 g/mol. The highest BCUT2D eigenvalue weighted by atomic mass is 127. The quantitative estimate of drug-likeness (QED) is 0.609. The van der Waals surface area contributed by atoms with Crippen LogP contribution in [0.25, 0.3) is 10.7 Å². The second-order valence-electron chi connectivity index (χ2n) is 3.95. The summed E-state index contributed by atoms with van der Waals surface area (Å²) in [4.78, 5) is 10.1. The van der Waals surface area contributed by atoms with Crippen LogP contribution >= 0.6 is 61.5 Å². The van der Waals surface area contributed by atoms with Crippen LogP contribution in [-0.4, -0.2) is 16.5 Å². The van der Waals surface area contributed by atoms with Gasteiger partial charge in [0.2, 0.25) is 0 Å². The number of thiophene rings is 1. The monoisotopic (exact) mass is 471 g/mol. The van der Waals surface area contributed by atoms with Crippen molar-refractivity contribution in [1.29, 1.82) is 0 Å².